The van der Waals surface area contributed by atoms with Crippen LogP contribution in [0.3, 0.4) is 0 Å². The van der Waals surface area contributed by atoms with Crippen molar-refractivity contribution in [2.75, 3.05) is 39.1 Å². The molecule has 8 nitrogen and oxygen atoms in total. The second kappa shape index (κ2) is 9.33. The Kier molecular flexibility index (Phi) is 6.87. The minimum absolute atomic E-state index is 0.379. The second-order valence-corrected chi connectivity index (χ2v) is 5.41. The Hall–Kier alpha value is -3.42. The van der Waals surface area contributed by atoms with E-state index in [9.17, 15) is 9.59 Å². The standard InChI is InChI=1S/C19H22N2O6/c1-24-12-6-8-16(26-3)15(9-12)21-19(23)11-18(22)20-14-7-5-13(25-2)10-17(14)27-4/h5-10H,11H2,1-4H3,(H,20,22)(H,21,23). The van der Waals surface area contributed by atoms with E-state index in [0.29, 0.717) is 34.4 Å². The highest BCUT2D eigenvalue weighted by Gasteiger charge is 2.15. The van der Waals surface area contributed by atoms with E-state index in [0.717, 1.165) is 0 Å². The van der Waals surface area contributed by atoms with Gasteiger partial charge < -0.3 is 29.6 Å². The van der Waals surface area contributed by atoms with Crippen LogP contribution in [0, 0.1) is 0 Å². The normalized spacial score (nSPS) is 9.93. The van der Waals surface area contributed by atoms with Gasteiger partial charge in [0.05, 0.1) is 39.8 Å². The minimum atomic E-state index is -0.494. The predicted octanol–water partition coefficient (Wildman–Crippen LogP) is 2.69. The van der Waals surface area contributed by atoms with Gasteiger partial charge in [0, 0.05) is 12.1 Å². The quantitative estimate of drug-likeness (QED) is 0.690. The number of benzene rings is 2. The summed E-state index contributed by atoms with van der Waals surface area (Å²) in [5, 5.41) is 5.29. The van der Waals surface area contributed by atoms with Crippen molar-refractivity contribution in [1.82, 2.24) is 0 Å². The molecule has 2 aromatic rings. The minimum Gasteiger partial charge on any atom is -0.497 e. The van der Waals surface area contributed by atoms with Crippen molar-refractivity contribution in [2.45, 2.75) is 6.42 Å². The molecule has 2 N–H and O–H groups in total. The first-order chi connectivity index (χ1) is 13.0. The Morgan fingerprint density at radius 2 is 1.26 bits per heavy atom. The molecule has 0 bridgehead atoms. The molecule has 0 aromatic heterocycles. The van der Waals surface area contributed by atoms with Crippen LogP contribution in [0.15, 0.2) is 36.4 Å². The van der Waals surface area contributed by atoms with Crippen LogP contribution in [0.2, 0.25) is 0 Å². The molecule has 2 amide bonds. The molecule has 2 rings (SSSR count). The summed E-state index contributed by atoms with van der Waals surface area (Å²) >= 11 is 0. The molecule has 0 fully saturated rings. The number of hydrogen-bond donors (Lipinski definition) is 2. The summed E-state index contributed by atoms with van der Waals surface area (Å²) in [6, 6.07) is 9.93. The average Bonchev–Trinajstić information content (AvgIpc) is 2.67. The number of rotatable bonds is 8. The third kappa shape index (κ3) is 5.27. The number of ether oxygens (including phenoxy) is 4. The molecule has 0 unspecified atom stereocenters. The summed E-state index contributed by atoms with van der Waals surface area (Å²) in [5.41, 5.74) is 0.853. The summed E-state index contributed by atoms with van der Waals surface area (Å²) in [4.78, 5) is 24.4. The first-order valence-electron chi connectivity index (χ1n) is 8.04. The molecular weight excluding hydrogens is 352 g/mol. The van der Waals surface area contributed by atoms with Gasteiger partial charge in [0.1, 0.15) is 29.4 Å². The molecule has 0 aliphatic rings. The van der Waals surface area contributed by atoms with E-state index in [-0.39, 0.29) is 6.42 Å². The third-order valence-corrected chi connectivity index (χ3v) is 3.68. The maximum absolute atomic E-state index is 12.2. The first-order valence-corrected chi connectivity index (χ1v) is 8.04. The van der Waals surface area contributed by atoms with Gasteiger partial charge in [0.15, 0.2) is 0 Å². The number of hydrogen-bond acceptors (Lipinski definition) is 6. The van der Waals surface area contributed by atoms with Crippen LogP contribution in [0.25, 0.3) is 0 Å². The van der Waals surface area contributed by atoms with Crippen molar-refractivity contribution in [3.63, 3.8) is 0 Å². The van der Waals surface area contributed by atoms with Gasteiger partial charge in [-0.05, 0) is 24.3 Å². The van der Waals surface area contributed by atoms with Crippen LogP contribution in [-0.2, 0) is 9.59 Å². The molecule has 0 saturated carbocycles. The lowest BCUT2D eigenvalue weighted by Crippen LogP contribution is -2.22. The molecule has 27 heavy (non-hydrogen) atoms. The zero-order valence-corrected chi connectivity index (χ0v) is 15.6. The summed E-state index contributed by atoms with van der Waals surface area (Å²) in [7, 11) is 6.01. The molecule has 0 heterocycles. The van der Waals surface area contributed by atoms with Crippen molar-refractivity contribution >= 4 is 23.2 Å². The SMILES string of the molecule is COc1ccc(OC)c(NC(=O)CC(=O)Nc2ccc(OC)cc2OC)c1. The topological polar surface area (TPSA) is 95.1 Å². The molecule has 0 aliphatic carbocycles. The van der Waals surface area contributed by atoms with Crippen molar-refractivity contribution in [3.8, 4) is 23.0 Å². The fourth-order valence-electron chi connectivity index (χ4n) is 2.35. The zero-order chi connectivity index (χ0) is 19.8. The lowest BCUT2D eigenvalue weighted by atomic mass is 10.2. The van der Waals surface area contributed by atoms with E-state index < -0.39 is 11.8 Å². The van der Waals surface area contributed by atoms with Gasteiger partial charge in [-0.2, -0.15) is 0 Å². The maximum Gasteiger partial charge on any atom is 0.233 e. The van der Waals surface area contributed by atoms with Crippen molar-refractivity contribution < 1.29 is 28.5 Å². The van der Waals surface area contributed by atoms with Crippen LogP contribution >= 0.6 is 0 Å². The molecule has 0 spiro atoms. The maximum atomic E-state index is 12.2. The fraction of sp³-hybridized carbons (Fsp3) is 0.263. The van der Waals surface area contributed by atoms with Crippen molar-refractivity contribution in [1.29, 1.82) is 0 Å². The first kappa shape index (κ1) is 19.9. The van der Waals surface area contributed by atoms with Gasteiger partial charge >= 0.3 is 0 Å². The molecule has 8 heteroatoms. The molecule has 144 valence electrons. The van der Waals surface area contributed by atoms with Gasteiger partial charge in [-0.25, -0.2) is 0 Å². The summed E-state index contributed by atoms with van der Waals surface area (Å²) < 4.78 is 20.7. The largest absolute Gasteiger partial charge is 0.497 e. The Labute approximate surface area is 157 Å². The van der Waals surface area contributed by atoms with Crippen LogP contribution in [-0.4, -0.2) is 40.3 Å². The highest BCUT2D eigenvalue weighted by molar-refractivity contribution is 6.08. The Balaban J connectivity index is 2.03. The van der Waals surface area contributed by atoms with Crippen LogP contribution in [0.5, 0.6) is 23.0 Å². The lowest BCUT2D eigenvalue weighted by molar-refractivity contribution is -0.123. The van der Waals surface area contributed by atoms with Crippen LogP contribution in [0.4, 0.5) is 11.4 Å². The Morgan fingerprint density at radius 1 is 0.704 bits per heavy atom. The molecule has 0 saturated heterocycles. The van der Waals surface area contributed by atoms with Crippen LogP contribution in [0.1, 0.15) is 6.42 Å². The average molecular weight is 374 g/mol. The van der Waals surface area contributed by atoms with Crippen molar-refractivity contribution in [2.24, 2.45) is 0 Å². The van der Waals surface area contributed by atoms with E-state index in [1.165, 1.54) is 28.4 Å². The van der Waals surface area contributed by atoms with E-state index in [1.807, 2.05) is 0 Å². The molecular formula is C19H22N2O6. The number of carbonyl (C=O) groups is 2. The van der Waals surface area contributed by atoms with Gasteiger partial charge in [0.25, 0.3) is 0 Å². The predicted molar refractivity (Wildman–Crippen MR) is 101 cm³/mol. The zero-order valence-electron chi connectivity index (χ0n) is 15.6. The number of methoxy groups -OCH3 is 4. The van der Waals surface area contributed by atoms with E-state index in [1.54, 1.807) is 36.4 Å². The number of anilines is 2. The smallest absolute Gasteiger partial charge is 0.233 e. The van der Waals surface area contributed by atoms with E-state index in [2.05, 4.69) is 10.6 Å². The molecule has 2 aromatic carbocycles. The second-order valence-electron chi connectivity index (χ2n) is 5.41. The highest BCUT2D eigenvalue weighted by Crippen LogP contribution is 2.30. The number of amides is 2. The summed E-state index contributed by atoms with van der Waals surface area (Å²) in [6.45, 7) is 0. The Bertz CT molecular complexity index is 822. The Morgan fingerprint density at radius 3 is 1.85 bits per heavy atom. The van der Waals surface area contributed by atoms with Gasteiger partial charge in [-0.3, -0.25) is 9.59 Å². The van der Waals surface area contributed by atoms with Gasteiger partial charge in [-0.1, -0.05) is 0 Å². The lowest BCUT2D eigenvalue weighted by Gasteiger charge is -2.13. The summed E-state index contributed by atoms with van der Waals surface area (Å²) in [6.07, 6.45) is -0.379. The fourth-order valence-corrected chi connectivity index (χ4v) is 2.35. The molecule has 0 aliphatic heterocycles. The van der Waals surface area contributed by atoms with Crippen molar-refractivity contribution in [3.05, 3.63) is 36.4 Å². The summed E-state index contributed by atoms with van der Waals surface area (Å²) in [5.74, 6) is 1.05. The number of carbonyl (C=O) groups excluding carboxylic acids is 2. The monoisotopic (exact) mass is 374 g/mol. The molecule has 0 atom stereocenters. The number of nitrogens with one attached hydrogen (secondary N) is 2. The molecule has 0 radical (unpaired) electrons. The van der Waals surface area contributed by atoms with E-state index >= 15 is 0 Å². The van der Waals surface area contributed by atoms with E-state index in [4.69, 9.17) is 18.9 Å². The van der Waals surface area contributed by atoms with Crippen LogP contribution < -0.4 is 29.6 Å². The van der Waals surface area contributed by atoms with Gasteiger partial charge in [0.2, 0.25) is 11.8 Å². The highest BCUT2D eigenvalue weighted by atomic mass is 16.5. The third-order valence-electron chi connectivity index (χ3n) is 3.68. The van der Waals surface area contributed by atoms with Gasteiger partial charge in [-0.15, -0.1) is 0 Å².